The molecule has 2 rings (SSSR count). The average Bonchev–Trinajstić information content (AvgIpc) is 2.47. The number of nitriles is 1. The number of rotatable bonds is 5. The molecule has 1 aromatic carbocycles. The fourth-order valence-electron chi connectivity index (χ4n) is 2.72. The molecule has 0 aromatic heterocycles. The number of nitro benzene ring substituents is 1. The molecule has 1 aliphatic heterocycles. The van der Waals surface area contributed by atoms with E-state index >= 15 is 0 Å². The van der Waals surface area contributed by atoms with Crippen molar-refractivity contribution in [1.29, 1.82) is 5.26 Å². The normalized spacial score (nSPS) is 17.0. The Balaban J connectivity index is 2.06. The average molecular weight is 288 g/mol. The predicted octanol–water partition coefficient (Wildman–Crippen LogP) is 2.75. The minimum Gasteiger partial charge on any atom is -0.376 e. The highest BCUT2D eigenvalue weighted by molar-refractivity contribution is 5.64. The van der Waals surface area contributed by atoms with Crippen molar-refractivity contribution in [3.05, 3.63) is 33.9 Å². The Morgan fingerprint density at radius 1 is 1.43 bits per heavy atom. The fraction of sp³-hybridized carbons (Fsp3) is 0.533. The van der Waals surface area contributed by atoms with E-state index < -0.39 is 4.92 Å². The zero-order valence-corrected chi connectivity index (χ0v) is 12.2. The SMILES string of the molecule is CC(CN1CCCCC1)Nc1cc(C#N)ccc1[N+](=O)[O-]. The van der Waals surface area contributed by atoms with E-state index in [0.29, 0.717) is 11.3 Å². The maximum atomic E-state index is 11.1. The predicted molar refractivity (Wildman–Crippen MR) is 81.2 cm³/mol. The molecule has 21 heavy (non-hydrogen) atoms. The molecule has 1 unspecified atom stereocenters. The number of benzene rings is 1. The number of anilines is 1. The van der Waals surface area contributed by atoms with Gasteiger partial charge in [0, 0.05) is 18.7 Å². The van der Waals surface area contributed by atoms with Gasteiger partial charge in [-0.3, -0.25) is 10.1 Å². The molecule has 0 saturated carbocycles. The highest BCUT2D eigenvalue weighted by Gasteiger charge is 2.18. The first-order valence-electron chi connectivity index (χ1n) is 7.27. The van der Waals surface area contributed by atoms with Crippen molar-refractivity contribution < 1.29 is 4.92 Å². The van der Waals surface area contributed by atoms with E-state index in [4.69, 9.17) is 5.26 Å². The molecule has 0 bridgehead atoms. The number of piperidine rings is 1. The van der Waals surface area contributed by atoms with E-state index in [-0.39, 0.29) is 11.7 Å². The molecule has 6 nitrogen and oxygen atoms in total. The summed E-state index contributed by atoms with van der Waals surface area (Å²) < 4.78 is 0. The Hall–Kier alpha value is -2.13. The van der Waals surface area contributed by atoms with Crippen LogP contribution < -0.4 is 5.32 Å². The number of nitrogens with zero attached hydrogens (tertiary/aromatic N) is 3. The lowest BCUT2D eigenvalue weighted by molar-refractivity contribution is -0.384. The summed E-state index contributed by atoms with van der Waals surface area (Å²) in [5.41, 5.74) is 0.858. The first-order chi connectivity index (χ1) is 10.1. The molecule has 0 aliphatic carbocycles. The summed E-state index contributed by atoms with van der Waals surface area (Å²) in [7, 11) is 0. The van der Waals surface area contributed by atoms with Crippen molar-refractivity contribution in [3.63, 3.8) is 0 Å². The quantitative estimate of drug-likeness (QED) is 0.665. The van der Waals surface area contributed by atoms with Crippen LogP contribution in [0.5, 0.6) is 0 Å². The maximum Gasteiger partial charge on any atom is 0.292 e. The largest absolute Gasteiger partial charge is 0.376 e. The van der Waals surface area contributed by atoms with Gasteiger partial charge in [0.25, 0.3) is 5.69 Å². The Morgan fingerprint density at radius 3 is 2.76 bits per heavy atom. The van der Waals surface area contributed by atoms with Crippen LogP contribution in [-0.4, -0.2) is 35.5 Å². The van der Waals surface area contributed by atoms with Gasteiger partial charge >= 0.3 is 0 Å². The molecule has 1 N–H and O–H groups in total. The van der Waals surface area contributed by atoms with Gasteiger partial charge in [-0.1, -0.05) is 6.42 Å². The van der Waals surface area contributed by atoms with Crippen molar-refractivity contribution in [2.75, 3.05) is 25.0 Å². The van der Waals surface area contributed by atoms with Gasteiger partial charge in [0.15, 0.2) is 0 Å². The van der Waals surface area contributed by atoms with Gasteiger partial charge in [-0.05, 0) is 45.0 Å². The molecule has 0 spiro atoms. The molecule has 1 heterocycles. The zero-order chi connectivity index (χ0) is 15.2. The van der Waals surface area contributed by atoms with Crippen LogP contribution in [0.25, 0.3) is 0 Å². The second-order valence-corrected chi connectivity index (χ2v) is 5.51. The van der Waals surface area contributed by atoms with E-state index in [0.717, 1.165) is 19.6 Å². The van der Waals surface area contributed by atoms with E-state index in [1.165, 1.54) is 31.4 Å². The van der Waals surface area contributed by atoms with Crippen LogP contribution in [0, 0.1) is 21.4 Å². The molecule has 1 fully saturated rings. The summed E-state index contributed by atoms with van der Waals surface area (Å²) >= 11 is 0. The monoisotopic (exact) mass is 288 g/mol. The van der Waals surface area contributed by atoms with Crippen molar-refractivity contribution in [2.45, 2.75) is 32.2 Å². The minimum absolute atomic E-state index is 0.0134. The highest BCUT2D eigenvalue weighted by Crippen LogP contribution is 2.26. The van der Waals surface area contributed by atoms with Gasteiger partial charge in [0.2, 0.25) is 0 Å². The Labute approximate surface area is 124 Å². The van der Waals surface area contributed by atoms with E-state index in [2.05, 4.69) is 10.2 Å². The summed E-state index contributed by atoms with van der Waals surface area (Å²) in [5, 5.41) is 23.2. The molecule has 0 radical (unpaired) electrons. The number of hydrogen-bond acceptors (Lipinski definition) is 5. The summed E-state index contributed by atoms with van der Waals surface area (Å²) in [4.78, 5) is 13.0. The van der Waals surface area contributed by atoms with Crippen LogP contribution in [0.2, 0.25) is 0 Å². The Kier molecular flexibility index (Phi) is 5.12. The maximum absolute atomic E-state index is 11.1. The lowest BCUT2D eigenvalue weighted by Gasteiger charge is -2.29. The standard InChI is InChI=1S/C15H20N4O2/c1-12(11-18-7-3-2-4-8-18)17-14-9-13(10-16)5-6-15(14)19(20)21/h5-6,9,12,17H,2-4,7-8,11H2,1H3. The first-order valence-corrected chi connectivity index (χ1v) is 7.27. The Bertz CT molecular complexity index is 547. The van der Waals surface area contributed by atoms with Crippen LogP contribution in [0.1, 0.15) is 31.7 Å². The molecule has 1 atom stereocenters. The van der Waals surface area contributed by atoms with Crippen molar-refractivity contribution in [2.24, 2.45) is 0 Å². The highest BCUT2D eigenvalue weighted by atomic mass is 16.6. The van der Waals surface area contributed by atoms with Crippen molar-refractivity contribution in [1.82, 2.24) is 4.90 Å². The van der Waals surface area contributed by atoms with Gasteiger partial charge in [-0.25, -0.2) is 0 Å². The summed E-state index contributed by atoms with van der Waals surface area (Å²) in [6.07, 6.45) is 3.72. The third-order valence-corrected chi connectivity index (χ3v) is 3.70. The second kappa shape index (κ2) is 7.04. The van der Waals surface area contributed by atoms with Crippen molar-refractivity contribution in [3.8, 4) is 6.07 Å². The fourth-order valence-corrected chi connectivity index (χ4v) is 2.72. The molecule has 6 heteroatoms. The van der Waals surface area contributed by atoms with Gasteiger partial charge in [0.05, 0.1) is 16.6 Å². The first kappa shape index (κ1) is 15.3. The van der Waals surface area contributed by atoms with Crippen LogP contribution in [0.3, 0.4) is 0 Å². The summed E-state index contributed by atoms with van der Waals surface area (Å²) in [6, 6.07) is 6.51. The molecule has 1 saturated heterocycles. The van der Waals surface area contributed by atoms with Crippen LogP contribution in [0.15, 0.2) is 18.2 Å². The van der Waals surface area contributed by atoms with Crippen LogP contribution >= 0.6 is 0 Å². The van der Waals surface area contributed by atoms with Crippen LogP contribution in [0.4, 0.5) is 11.4 Å². The third-order valence-electron chi connectivity index (χ3n) is 3.70. The topological polar surface area (TPSA) is 82.2 Å². The molecular formula is C15H20N4O2. The Morgan fingerprint density at radius 2 is 2.14 bits per heavy atom. The number of likely N-dealkylation sites (tertiary alicyclic amines) is 1. The molecular weight excluding hydrogens is 268 g/mol. The van der Waals surface area contributed by atoms with E-state index in [1.807, 2.05) is 13.0 Å². The summed E-state index contributed by atoms with van der Waals surface area (Å²) in [5.74, 6) is 0. The minimum atomic E-state index is -0.420. The molecule has 1 aromatic rings. The van der Waals surface area contributed by atoms with Gasteiger partial charge in [-0.15, -0.1) is 0 Å². The van der Waals surface area contributed by atoms with E-state index in [9.17, 15) is 10.1 Å². The number of hydrogen-bond donors (Lipinski definition) is 1. The molecule has 112 valence electrons. The molecule has 1 aliphatic rings. The van der Waals surface area contributed by atoms with Gasteiger partial charge < -0.3 is 10.2 Å². The van der Waals surface area contributed by atoms with Crippen molar-refractivity contribution >= 4 is 11.4 Å². The third kappa shape index (κ3) is 4.17. The molecule has 0 amide bonds. The van der Waals surface area contributed by atoms with Gasteiger partial charge in [0.1, 0.15) is 5.69 Å². The summed E-state index contributed by atoms with van der Waals surface area (Å²) in [6.45, 7) is 5.05. The lowest BCUT2D eigenvalue weighted by Crippen LogP contribution is -2.38. The lowest BCUT2D eigenvalue weighted by atomic mass is 10.1. The van der Waals surface area contributed by atoms with Gasteiger partial charge in [-0.2, -0.15) is 5.26 Å². The number of nitrogens with one attached hydrogen (secondary N) is 1. The zero-order valence-electron chi connectivity index (χ0n) is 12.2. The smallest absolute Gasteiger partial charge is 0.292 e. The number of nitro groups is 1. The second-order valence-electron chi connectivity index (χ2n) is 5.51. The van der Waals surface area contributed by atoms with E-state index in [1.54, 1.807) is 6.07 Å². The van der Waals surface area contributed by atoms with Crippen LogP contribution in [-0.2, 0) is 0 Å².